The van der Waals surface area contributed by atoms with Gasteiger partial charge in [0.2, 0.25) is 0 Å². The van der Waals surface area contributed by atoms with E-state index in [0.717, 1.165) is 0 Å². The topological polar surface area (TPSA) is 124 Å². The third-order valence-electron chi connectivity index (χ3n) is 4.23. The molecule has 2 aromatic carbocycles. The molecular formula is C20H24N6O4. The fourth-order valence-corrected chi connectivity index (χ4v) is 2.60. The molecule has 0 saturated carbocycles. The van der Waals surface area contributed by atoms with Crippen molar-refractivity contribution in [2.45, 2.75) is 12.8 Å². The summed E-state index contributed by atoms with van der Waals surface area (Å²) in [5.74, 6) is -0.593. The number of carbonyl (C=O) groups excluding carboxylic acids is 2. The number of nitroso groups, excluding NO2 is 2. The molecule has 30 heavy (non-hydrogen) atoms. The molecule has 2 aromatic rings. The first-order valence-electron chi connectivity index (χ1n) is 9.47. The predicted octanol–water partition coefficient (Wildman–Crippen LogP) is 2.51. The smallest absolute Gasteiger partial charge is 0.252 e. The van der Waals surface area contributed by atoms with Gasteiger partial charge in [0.1, 0.15) is 13.3 Å². The molecule has 0 aliphatic carbocycles. The minimum absolute atomic E-state index is 0.0139. The lowest BCUT2D eigenvalue weighted by molar-refractivity contribution is 0.0908. The lowest BCUT2D eigenvalue weighted by Crippen LogP contribution is -2.36. The number of carbonyl (C=O) groups is 2. The lowest BCUT2D eigenvalue weighted by Gasteiger charge is -2.18. The molecule has 2 N–H and O–H groups in total. The average molecular weight is 412 g/mol. The van der Waals surface area contributed by atoms with Crippen molar-refractivity contribution in [1.82, 2.24) is 20.7 Å². The highest BCUT2D eigenvalue weighted by atomic mass is 16.3. The molecule has 0 bridgehead atoms. The van der Waals surface area contributed by atoms with Gasteiger partial charge < -0.3 is 10.6 Å². The van der Waals surface area contributed by atoms with Crippen LogP contribution >= 0.6 is 0 Å². The number of hydrogen-bond acceptors (Lipinski definition) is 6. The molecule has 0 fully saturated rings. The number of nitrogens with zero attached hydrogens (tertiary/aromatic N) is 4. The summed E-state index contributed by atoms with van der Waals surface area (Å²) >= 11 is 0. The van der Waals surface area contributed by atoms with Crippen molar-refractivity contribution in [3.05, 3.63) is 81.6 Å². The van der Waals surface area contributed by atoms with Crippen LogP contribution in [0.3, 0.4) is 0 Å². The third kappa shape index (κ3) is 7.66. The van der Waals surface area contributed by atoms with E-state index in [2.05, 4.69) is 21.2 Å². The monoisotopic (exact) mass is 412 g/mol. The van der Waals surface area contributed by atoms with Gasteiger partial charge in [-0.25, -0.2) is 10.0 Å². The summed E-state index contributed by atoms with van der Waals surface area (Å²) in [4.78, 5) is 45.9. The van der Waals surface area contributed by atoms with E-state index < -0.39 is 0 Å². The van der Waals surface area contributed by atoms with Gasteiger partial charge in [-0.3, -0.25) is 9.59 Å². The van der Waals surface area contributed by atoms with Gasteiger partial charge in [0.25, 0.3) is 11.8 Å². The number of hydrogen-bond donors (Lipinski definition) is 2. The zero-order valence-corrected chi connectivity index (χ0v) is 16.4. The van der Waals surface area contributed by atoms with Gasteiger partial charge in [-0.2, -0.15) is 0 Å². The molecule has 10 heteroatoms. The van der Waals surface area contributed by atoms with Gasteiger partial charge in [-0.1, -0.05) is 36.4 Å². The molecule has 10 nitrogen and oxygen atoms in total. The highest BCUT2D eigenvalue weighted by Gasteiger charge is 2.10. The Morgan fingerprint density at radius 1 is 0.667 bits per heavy atom. The second-order valence-electron chi connectivity index (χ2n) is 6.39. The fourth-order valence-electron chi connectivity index (χ4n) is 2.60. The van der Waals surface area contributed by atoms with Crippen LogP contribution < -0.4 is 10.6 Å². The van der Waals surface area contributed by atoms with Crippen molar-refractivity contribution in [2.75, 3.05) is 26.4 Å². The van der Waals surface area contributed by atoms with Crippen molar-refractivity contribution in [3.8, 4) is 0 Å². The maximum Gasteiger partial charge on any atom is 0.252 e. The summed E-state index contributed by atoms with van der Waals surface area (Å²) in [5.41, 5.74) is 0.988. The largest absolute Gasteiger partial charge is 0.333 e. The predicted molar refractivity (Wildman–Crippen MR) is 112 cm³/mol. The van der Waals surface area contributed by atoms with Gasteiger partial charge in [0.05, 0.1) is 10.6 Å². The van der Waals surface area contributed by atoms with E-state index in [9.17, 15) is 19.4 Å². The van der Waals surface area contributed by atoms with E-state index in [0.29, 0.717) is 37.1 Å². The Morgan fingerprint density at radius 3 is 1.37 bits per heavy atom. The number of rotatable bonds is 13. The molecule has 0 unspecified atom stereocenters. The van der Waals surface area contributed by atoms with Gasteiger partial charge >= 0.3 is 0 Å². The van der Waals surface area contributed by atoms with Gasteiger partial charge in [0.15, 0.2) is 0 Å². The van der Waals surface area contributed by atoms with Crippen molar-refractivity contribution >= 4 is 11.8 Å². The van der Waals surface area contributed by atoms with Crippen LogP contribution in [0, 0.1) is 9.81 Å². The Labute approximate surface area is 174 Å². The normalized spacial score (nSPS) is 10.0. The molecule has 0 atom stereocenters. The molecule has 0 aliphatic heterocycles. The van der Waals surface area contributed by atoms with Crippen LogP contribution in [0.1, 0.15) is 33.6 Å². The molecule has 0 heterocycles. The van der Waals surface area contributed by atoms with Gasteiger partial charge in [-0.15, -0.1) is 9.81 Å². The van der Waals surface area contributed by atoms with Crippen molar-refractivity contribution in [3.63, 3.8) is 0 Å². The minimum Gasteiger partial charge on any atom is -0.333 e. The average Bonchev–Trinajstić information content (AvgIpc) is 2.81. The highest BCUT2D eigenvalue weighted by molar-refractivity contribution is 5.94. The van der Waals surface area contributed by atoms with E-state index in [1.54, 1.807) is 60.7 Å². The lowest BCUT2D eigenvalue weighted by atomic mass is 10.2. The van der Waals surface area contributed by atoms with E-state index in [4.69, 9.17) is 0 Å². The second-order valence-corrected chi connectivity index (χ2v) is 6.39. The van der Waals surface area contributed by atoms with E-state index >= 15 is 0 Å². The van der Waals surface area contributed by atoms with E-state index in [-0.39, 0.29) is 25.2 Å². The zero-order chi connectivity index (χ0) is 21.6. The number of nitrogens with one attached hydrogen (secondary N) is 2. The van der Waals surface area contributed by atoms with Crippen LogP contribution in [-0.2, 0) is 0 Å². The van der Waals surface area contributed by atoms with Crippen molar-refractivity contribution in [1.29, 1.82) is 0 Å². The first-order valence-corrected chi connectivity index (χ1v) is 9.47. The summed E-state index contributed by atoms with van der Waals surface area (Å²) in [6.07, 6.45) is 1.09. The molecule has 0 aliphatic rings. The molecule has 0 radical (unpaired) electrons. The van der Waals surface area contributed by atoms with Crippen LogP contribution in [0.4, 0.5) is 0 Å². The Hall–Kier alpha value is -3.82. The summed E-state index contributed by atoms with van der Waals surface area (Å²) in [5, 5.41) is 13.4. The molecule has 2 amide bonds. The standard InChI is InChI=1S/C20H24N6O4/c27-19(17-9-3-1-4-10-17)21-15-25(23-29)13-7-8-14-26(24-30)16-22-20(28)18-11-5-2-6-12-18/h1-6,9-12H,7-8,13-16H2,(H,21,27)(H,22,28). The maximum atomic E-state index is 12.0. The van der Waals surface area contributed by atoms with Crippen LogP contribution in [-0.4, -0.2) is 48.3 Å². The van der Waals surface area contributed by atoms with E-state index in [1.165, 1.54) is 10.0 Å². The minimum atomic E-state index is -0.297. The Bertz CT molecular complexity index is 749. The summed E-state index contributed by atoms with van der Waals surface area (Å²) in [6, 6.07) is 17.3. The van der Waals surface area contributed by atoms with Crippen molar-refractivity contribution < 1.29 is 9.59 Å². The second kappa shape index (κ2) is 12.6. The van der Waals surface area contributed by atoms with Gasteiger partial charge in [0, 0.05) is 24.2 Å². The molecule has 0 saturated heterocycles. The van der Waals surface area contributed by atoms with Crippen LogP contribution in [0.25, 0.3) is 0 Å². The summed E-state index contributed by atoms with van der Waals surface area (Å²) in [6.45, 7) is 0.587. The first kappa shape index (κ1) is 22.5. The van der Waals surface area contributed by atoms with Gasteiger partial charge in [-0.05, 0) is 37.1 Å². The van der Waals surface area contributed by atoms with Crippen LogP contribution in [0.15, 0.2) is 71.2 Å². The molecule has 158 valence electrons. The maximum absolute atomic E-state index is 12.0. The first-order chi connectivity index (χ1) is 14.6. The quantitative estimate of drug-likeness (QED) is 0.225. The molecular weight excluding hydrogens is 388 g/mol. The Morgan fingerprint density at radius 2 is 1.03 bits per heavy atom. The fraction of sp³-hybridized carbons (Fsp3) is 0.300. The van der Waals surface area contributed by atoms with E-state index in [1.807, 2.05) is 0 Å². The number of amides is 2. The van der Waals surface area contributed by atoms with Crippen LogP contribution in [0.2, 0.25) is 0 Å². The van der Waals surface area contributed by atoms with Crippen molar-refractivity contribution in [2.24, 2.45) is 10.6 Å². The summed E-state index contributed by atoms with van der Waals surface area (Å²) in [7, 11) is 0. The Balaban J connectivity index is 1.64. The summed E-state index contributed by atoms with van der Waals surface area (Å²) < 4.78 is 0. The third-order valence-corrected chi connectivity index (χ3v) is 4.23. The zero-order valence-electron chi connectivity index (χ0n) is 16.4. The SMILES string of the molecule is O=NN(CCCCN(CNC(=O)c1ccccc1)N=O)CNC(=O)c1ccccc1. The number of unbranched alkanes of at least 4 members (excludes halogenated alkanes) is 1. The molecule has 0 spiro atoms. The highest BCUT2D eigenvalue weighted by Crippen LogP contribution is 2.02. The Kier molecular flexibility index (Phi) is 9.44. The molecule has 2 rings (SSSR count). The van der Waals surface area contributed by atoms with Crippen LogP contribution in [0.5, 0.6) is 0 Å². The molecule has 0 aromatic heterocycles. The number of benzene rings is 2.